The molecule has 0 radical (unpaired) electrons. The summed E-state index contributed by atoms with van der Waals surface area (Å²) in [4.78, 5) is 21.8. The molecule has 2 rings (SSSR count). The summed E-state index contributed by atoms with van der Waals surface area (Å²) in [5.41, 5.74) is 0.418. The van der Waals surface area contributed by atoms with Gasteiger partial charge in [-0.2, -0.15) is 0 Å². The topological polar surface area (TPSA) is 72.2 Å². The Balaban J connectivity index is 2.06. The second-order valence-electron chi connectivity index (χ2n) is 4.23. The lowest BCUT2D eigenvalue weighted by atomic mass is 10.1. The summed E-state index contributed by atoms with van der Waals surface area (Å²) in [5, 5.41) is 13.2. The van der Waals surface area contributed by atoms with Gasteiger partial charge in [-0.25, -0.2) is 4.39 Å². The predicted octanol–water partition coefficient (Wildman–Crippen LogP) is 3.57. The van der Waals surface area contributed by atoms with Crippen molar-refractivity contribution in [3.63, 3.8) is 0 Å². The molecule has 0 heterocycles. The van der Waals surface area contributed by atoms with E-state index < -0.39 is 16.6 Å². The average molecular weight is 309 g/mol. The average Bonchev–Trinajstić information content (AvgIpc) is 2.43. The first-order valence-corrected chi connectivity index (χ1v) is 6.32. The first kappa shape index (κ1) is 14.9. The molecule has 0 atom stereocenters. The highest BCUT2D eigenvalue weighted by Gasteiger charge is 2.12. The fourth-order valence-corrected chi connectivity index (χ4v) is 1.96. The summed E-state index contributed by atoms with van der Waals surface area (Å²) >= 11 is 5.84. The number of nitrogens with zero attached hydrogens (tertiary/aromatic N) is 1. The van der Waals surface area contributed by atoms with Gasteiger partial charge in [0.1, 0.15) is 5.82 Å². The molecule has 0 fully saturated rings. The van der Waals surface area contributed by atoms with Gasteiger partial charge in [-0.05, 0) is 24.3 Å². The quantitative estimate of drug-likeness (QED) is 0.693. The molecular formula is C14H10ClFN2O3. The van der Waals surface area contributed by atoms with E-state index in [1.807, 2.05) is 0 Å². The van der Waals surface area contributed by atoms with E-state index in [2.05, 4.69) is 5.32 Å². The van der Waals surface area contributed by atoms with Gasteiger partial charge >= 0.3 is 0 Å². The molecule has 0 spiro atoms. The first-order valence-electron chi connectivity index (χ1n) is 5.94. The largest absolute Gasteiger partial charge is 0.326 e. The maximum atomic E-state index is 13.6. The molecule has 5 nitrogen and oxygen atoms in total. The van der Waals surface area contributed by atoms with Gasteiger partial charge in [-0.1, -0.05) is 17.7 Å². The van der Waals surface area contributed by atoms with Crippen molar-refractivity contribution < 1.29 is 14.1 Å². The highest BCUT2D eigenvalue weighted by molar-refractivity contribution is 6.31. The predicted molar refractivity (Wildman–Crippen MR) is 76.8 cm³/mol. The van der Waals surface area contributed by atoms with Crippen LogP contribution in [-0.2, 0) is 11.2 Å². The first-order chi connectivity index (χ1) is 9.97. The minimum absolute atomic E-state index is 0.0786. The Morgan fingerprint density at radius 1 is 1.24 bits per heavy atom. The lowest BCUT2D eigenvalue weighted by Gasteiger charge is -2.07. The Morgan fingerprint density at radius 2 is 1.90 bits per heavy atom. The molecule has 2 aromatic rings. The zero-order valence-electron chi connectivity index (χ0n) is 10.7. The number of hydrogen-bond acceptors (Lipinski definition) is 3. The fourth-order valence-electron chi connectivity index (χ4n) is 1.73. The molecular weight excluding hydrogens is 299 g/mol. The number of carbonyl (C=O) groups excluding carboxylic acids is 1. The summed E-state index contributed by atoms with van der Waals surface area (Å²) in [6.45, 7) is 0. The van der Waals surface area contributed by atoms with Gasteiger partial charge in [-0.15, -0.1) is 0 Å². The number of anilines is 1. The van der Waals surface area contributed by atoms with Crippen LogP contribution in [0.5, 0.6) is 0 Å². The molecule has 0 aromatic heterocycles. The molecule has 2 aromatic carbocycles. The van der Waals surface area contributed by atoms with E-state index in [0.717, 1.165) is 0 Å². The summed E-state index contributed by atoms with van der Waals surface area (Å²) in [6, 6.07) is 9.52. The number of nitrogens with one attached hydrogen (secondary N) is 1. The van der Waals surface area contributed by atoms with Crippen LogP contribution < -0.4 is 5.32 Å². The minimum atomic E-state index is -0.554. The third-order valence-electron chi connectivity index (χ3n) is 2.76. The van der Waals surface area contributed by atoms with Crippen LogP contribution in [0, 0.1) is 15.9 Å². The maximum Gasteiger partial charge on any atom is 0.269 e. The molecule has 0 saturated heterocycles. The number of hydrogen-bond donors (Lipinski definition) is 1. The molecule has 1 amide bonds. The van der Waals surface area contributed by atoms with Crippen LogP contribution in [0.2, 0.25) is 5.02 Å². The number of halogens is 2. The Hall–Kier alpha value is -2.47. The van der Waals surface area contributed by atoms with Crippen LogP contribution in [0.1, 0.15) is 5.56 Å². The Kier molecular flexibility index (Phi) is 4.49. The summed E-state index contributed by atoms with van der Waals surface area (Å²) in [5.74, 6) is -1.02. The molecule has 108 valence electrons. The van der Waals surface area contributed by atoms with Crippen molar-refractivity contribution in [1.82, 2.24) is 0 Å². The van der Waals surface area contributed by atoms with Gasteiger partial charge in [0.2, 0.25) is 5.91 Å². The molecule has 0 unspecified atom stereocenters. The van der Waals surface area contributed by atoms with Crippen molar-refractivity contribution in [2.75, 3.05) is 5.32 Å². The number of benzene rings is 2. The molecule has 0 bridgehead atoms. The summed E-state index contributed by atoms with van der Waals surface area (Å²) in [6.07, 6.45) is -0.220. The van der Waals surface area contributed by atoms with Crippen molar-refractivity contribution >= 4 is 28.9 Å². The number of nitro groups is 1. The number of carbonyl (C=O) groups is 1. The smallest absolute Gasteiger partial charge is 0.269 e. The monoisotopic (exact) mass is 308 g/mol. The van der Waals surface area contributed by atoms with E-state index >= 15 is 0 Å². The zero-order valence-corrected chi connectivity index (χ0v) is 11.4. The number of non-ortho nitro benzene ring substituents is 1. The van der Waals surface area contributed by atoms with Gasteiger partial charge in [0.05, 0.1) is 11.3 Å². The van der Waals surface area contributed by atoms with Crippen LogP contribution in [0.25, 0.3) is 0 Å². The van der Waals surface area contributed by atoms with Crippen molar-refractivity contribution in [2.24, 2.45) is 0 Å². The van der Waals surface area contributed by atoms with Gasteiger partial charge < -0.3 is 5.32 Å². The van der Waals surface area contributed by atoms with Crippen molar-refractivity contribution in [3.8, 4) is 0 Å². The van der Waals surface area contributed by atoms with Crippen LogP contribution in [0.15, 0.2) is 42.5 Å². The molecule has 1 N–H and O–H groups in total. The maximum absolute atomic E-state index is 13.6. The zero-order chi connectivity index (χ0) is 15.4. The lowest BCUT2D eigenvalue weighted by molar-refractivity contribution is -0.384. The van der Waals surface area contributed by atoms with Crippen LogP contribution in [0.3, 0.4) is 0 Å². The van der Waals surface area contributed by atoms with E-state index in [0.29, 0.717) is 5.69 Å². The molecule has 0 aliphatic heterocycles. The third kappa shape index (κ3) is 3.76. The van der Waals surface area contributed by atoms with Gasteiger partial charge in [-0.3, -0.25) is 14.9 Å². The second kappa shape index (κ2) is 6.32. The Labute approximate surface area is 124 Å². The van der Waals surface area contributed by atoms with Gasteiger partial charge in [0, 0.05) is 28.4 Å². The van der Waals surface area contributed by atoms with E-state index in [-0.39, 0.29) is 22.7 Å². The SMILES string of the molecule is O=C(Cc1c(F)cccc1Cl)Nc1ccc([N+](=O)[O-])cc1. The Bertz CT molecular complexity index is 669. The molecule has 0 saturated carbocycles. The molecule has 0 aliphatic rings. The van der Waals surface area contributed by atoms with Crippen molar-refractivity contribution in [1.29, 1.82) is 0 Å². The molecule has 7 heteroatoms. The number of amides is 1. The van der Waals surface area contributed by atoms with E-state index in [1.54, 1.807) is 0 Å². The highest BCUT2D eigenvalue weighted by atomic mass is 35.5. The lowest BCUT2D eigenvalue weighted by Crippen LogP contribution is -2.15. The van der Waals surface area contributed by atoms with Crippen molar-refractivity contribution in [3.05, 3.63) is 69.0 Å². The second-order valence-corrected chi connectivity index (χ2v) is 4.64. The standard InChI is InChI=1S/C14H10ClFN2O3/c15-12-2-1-3-13(16)11(12)8-14(19)17-9-4-6-10(7-5-9)18(20)21/h1-7H,8H2,(H,17,19). The van der Waals surface area contributed by atoms with Crippen LogP contribution in [0.4, 0.5) is 15.8 Å². The van der Waals surface area contributed by atoms with E-state index in [1.165, 1.54) is 42.5 Å². The Morgan fingerprint density at radius 3 is 2.48 bits per heavy atom. The third-order valence-corrected chi connectivity index (χ3v) is 3.12. The van der Waals surface area contributed by atoms with Gasteiger partial charge in [0.25, 0.3) is 5.69 Å². The van der Waals surface area contributed by atoms with Crippen LogP contribution >= 0.6 is 11.6 Å². The van der Waals surface area contributed by atoms with Gasteiger partial charge in [0.15, 0.2) is 0 Å². The summed E-state index contributed by atoms with van der Waals surface area (Å²) in [7, 11) is 0. The highest BCUT2D eigenvalue weighted by Crippen LogP contribution is 2.20. The number of rotatable bonds is 4. The normalized spacial score (nSPS) is 10.2. The van der Waals surface area contributed by atoms with Crippen molar-refractivity contribution in [2.45, 2.75) is 6.42 Å². The minimum Gasteiger partial charge on any atom is -0.326 e. The number of nitro benzene ring substituents is 1. The summed E-state index contributed by atoms with van der Waals surface area (Å²) < 4.78 is 13.6. The van der Waals surface area contributed by atoms with E-state index in [9.17, 15) is 19.3 Å². The van der Waals surface area contributed by atoms with E-state index in [4.69, 9.17) is 11.6 Å². The van der Waals surface area contributed by atoms with Crippen LogP contribution in [-0.4, -0.2) is 10.8 Å². The molecule has 0 aliphatic carbocycles. The fraction of sp³-hybridized carbons (Fsp3) is 0.0714. The molecule has 21 heavy (non-hydrogen) atoms.